The second-order valence-electron chi connectivity index (χ2n) is 8.16. The smallest absolute Gasteiger partial charge is 0.167 e. The highest BCUT2D eigenvalue weighted by molar-refractivity contribution is 7.99. The summed E-state index contributed by atoms with van der Waals surface area (Å²) in [6.07, 6.45) is 1.91. The molecule has 1 aliphatic heterocycles. The van der Waals surface area contributed by atoms with Gasteiger partial charge in [0.25, 0.3) is 0 Å². The zero-order chi connectivity index (χ0) is 23.5. The molecule has 4 aromatic carbocycles. The lowest BCUT2D eigenvalue weighted by atomic mass is 9.98. The van der Waals surface area contributed by atoms with Crippen LogP contribution in [0.2, 0.25) is 0 Å². The van der Waals surface area contributed by atoms with Crippen LogP contribution in [0.1, 0.15) is 29.3 Å². The minimum absolute atomic E-state index is 0.0577. The number of hydrogen-bond acceptors (Lipinski definition) is 4. The van der Waals surface area contributed by atoms with Gasteiger partial charge < -0.3 is 4.90 Å². The summed E-state index contributed by atoms with van der Waals surface area (Å²) in [6.45, 7) is 1.51. The lowest BCUT2D eigenvalue weighted by Crippen LogP contribution is -2.14. The summed E-state index contributed by atoms with van der Waals surface area (Å²) in [5.74, 6) is -0.151. The van der Waals surface area contributed by atoms with Crippen LogP contribution in [0.3, 0.4) is 0 Å². The minimum Gasteiger partial charge on any atom is -0.308 e. The van der Waals surface area contributed by atoms with Crippen molar-refractivity contribution in [3.8, 4) is 0 Å². The monoisotopic (exact) mass is 461 g/mol. The molecule has 0 saturated heterocycles. The van der Waals surface area contributed by atoms with Crippen LogP contribution in [-0.2, 0) is 4.79 Å². The van der Waals surface area contributed by atoms with E-state index in [9.17, 15) is 9.59 Å². The Bertz CT molecular complexity index is 1350. The Balaban J connectivity index is 1.45. The highest BCUT2D eigenvalue weighted by Gasteiger charge is 2.24. The fraction of sp³-hybridized carbons (Fsp3) is 0.0667. The summed E-state index contributed by atoms with van der Waals surface area (Å²) in [7, 11) is 0. The van der Waals surface area contributed by atoms with Crippen molar-refractivity contribution in [2.24, 2.45) is 0 Å². The Morgan fingerprint density at radius 2 is 1.29 bits per heavy atom. The molecule has 0 aliphatic carbocycles. The number of hydrogen-bond donors (Lipinski definition) is 0. The number of anilines is 3. The van der Waals surface area contributed by atoms with Crippen LogP contribution < -0.4 is 4.90 Å². The third kappa shape index (κ3) is 4.45. The van der Waals surface area contributed by atoms with Gasteiger partial charge in [0, 0.05) is 33.0 Å². The maximum Gasteiger partial charge on any atom is 0.167 e. The molecule has 0 unspecified atom stereocenters. The van der Waals surface area contributed by atoms with E-state index in [4.69, 9.17) is 0 Å². The maximum absolute atomic E-state index is 12.6. The second kappa shape index (κ2) is 9.54. The molecule has 0 bridgehead atoms. The first-order chi connectivity index (χ1) is 16.6. The van der Waals surface area contributed by atoms with E-state index in [0.717, 1.165) is 22.6 Å². The summed E-state index contributed by atoms with van der Waals surface area (Å²) in [6, 6.07) is 34.0. The zero-order valence-corrected chi connectivity index (χ0v) is 19.6. The molecule has 5 rings (SSSR count). The number of benzene rings is 4. The Labute approximate surface area is 203 Å². The van der Waals surface area contributed by atoms with E-state index in [1.165, 1.54) is 16.7 Å². The molecular formula is C30H23NO2S. The fourth-order valence-electron chi connectivity index (χ4n) is 4.08. The van der Waals surface area contributed by atoms with E-state index in [-0.39, 0.29) is 18.0 Å². The lowest BCUT2D eigenvalue weighted by molar-refractivity contribution is -0.113. The number of fused-ring (bicyclic) bond motifs is 2. The third-order valence-electron chi connectivity index (χ3n) is 5.82. The van der Waals surface area contributed by atoms with Crippen molar-refractivity contribution < 1.29 is 9.59 Å². The SMILES string of the molecule is CC(=O)C(=Cc1ccc(N2c3ccccc3Sc3ccccc32)cc1)CC(=O)c1ccccc1. The van der Waals surface area contributed by atoms with E-state index in [1.807, 2.05) is 36.4 Å². The molecule has 1 aliphatic rings. The summed E-state index contributed by atoms with van der Waals surface area (Å²) in [5, 5.41) is 0. The largest absolute Gasteiger partial charge is 0.308 e. The van der Waals surface area contributed by atoms with E-state index in [0.29, 0.717) is 11.1 Å². The van der Waals surface area contributed by atoms with Gasteiger partial charge in [-0.2, -0.15) is 0 Å². The Morgan fingerprint density at radius 3 is 1.88 bits per heavy atom. The summed E-state index contributed by atoms with van der Waals surface area (Å²) >= 11 is 1.78. The van der Waals surface area contributed by atoms with Crippen LogP contribution in [0, 0.1) is 0 Å². The molecule has 0 spiro atoms. The third-order valence-corrected chi connectivity index (χ3v) is 6.95. The molecule has 4 aromatic rings. The van der Waals surface area contributed by atoms with Crippen molar-refractivity contribution in [2.75, 3.05) is 4.90 Å². The van der Waals surface area contributed by atoms with E-state index in [1.54, 1.807) is 23.9 Å². The molecular weight excluding hydrogens is 438 g/mol. The predicted octanol–water partition coefficient (Wildman–Crippen LogP) is 7.87. The maximum atomic E-state index is 12.6. The van der Waals surface area contributed by atoms with Crippen molar-refractivity contribution >= 4 is 46.5 Å². The number of nitrogens with zero attached hydrogens (tertiary/aromatic N) is 1. The molecule has 0 fully saturated rings. The molecule has 0 atom stereocenters. The molecule has 0 aromatic heterocycles. The van der Waals surface area contributed by atoms with Gasteiger partial charge >= 0.3 is 0 Å². The minimum atomic E-state index is -0.0933. The van der Waals surface area contributed by atoms with Gasteiger partial charge in [0.05, 0.1) is 11.4 Å². The van der Waals surface area contributed by atoms with E-state index >= 15 is 0 Å². The number of ketones is 2. The van der Waals surface area contributed by atoms with Crippen LogP contribution in [0.25, 0.3) is 6.08 Å². The van der Waals surface area contributed by atoms with Gasteiger partial charge in [-0.05, 0) is 55.0 Å². The van der Waals surface area contributed by atoms with Gasteiger partial charge in [0.1, 0.15) is 0 Å². The number of carbonyl (C=O) groups is 2. The first-order valence-corrected chi connectivity index (χ1v) is 12.0. The number of para-hydroxylation sites is 2. The van der Waals surface area contributed by atoms with Gasteiger partial charge in [-0.3, -0.25) is 9.59 Å². The molecule has 34 heavy (non-hydrogen) atoms. The average Bonchev–Trinajstić information content (AvgIpc) is 2.88. The summed E-state index contributed by atoms with van der Waals surface area (Å²) < 4.78 is 0. The molecule has 0 amide bonds. The first kappa shape index (κ1) is 21.9. The lowest BCUT2D eigenvalue weighted by Gasteiger charge is -2.32. The highest BCUT2D eigenvalue weighted by Crippen LogP contribution is 2.51. The fourth-order valence-corrected chi connectivity index (χ4v) is 5.14. The van der Waals surface area contributed by atoms with Gasteiger partial charge in [-0.15, -0.1) is 0 Å². The van der Waals surface area contributed by atoms with Crippen molar-refractivity contribution in [1.82, 2.24) is 0 Å². The van der Waals surface area contributed by atoms with Crippen molar-refractivity contribution in [2.45, 2.75) is 23.1 Å². The summed E-state index contributed by atoms with van der Waals surface area (Å²) in [5.41, 5.74) is 5.35. The first-order valence-electron chi connectivity index (χ1n) is 11.2. The van der Waals surface area contributed by atoms with E-state index < -0.39 is 0 Å². The summed E-state index contributed by atoms with van der Waals surface area (Å²) in [4.78, 5) is 29.6. The molecule has 4 heteroatoms. The molecule has 1 heterocycles. The topological polar surface area (TPSA) is 37.4 Å². The molecule has 166 valence electrons. The highest BCUT2D eigenvalue weighted by atomic mass is 32.2. The van der Waals surface area contributed by atoms with Crippen molar-refractivity contribution in [3.63, 3.8) is 0 Å². The van der Waals surface area contributed by atoms with Crippen LogP contribution in [0.4, 0.5) is 17.1 Å². The Hall–Kier alpha value is -3.89. The number of rotatable bonds is 6. The van der Waals surface area contributed by atoms with Gasteiger partial charge in [-0.1, -0.05) is 78.5 Å². The van der Waals surface area contributed by atoms with Crippen molar-refractivity contribution in [3.05, 3.63) is 120 Å². The van der Waals surface area contributed by atoms with E-state index in [2.05, 4.69) is 65.6 Å². The Morgan fingerprint density at radius 1 is 0.735 bits per heavy atom. The molecule has 0 radical (unpaired) electrons. The Kier molecular flexibility index (Phi) is 6.15. The molecule has 0 saturated carbocycles. The molecule has 3 nitrogen and oxygen atoms in total. The second-order valence-corrected chi connectivity index (χ2v) is 9.24. The van der Waals surface area contributed by atoms with Gasteiger partial charge in [0.2, 0.25) is 0 Å². The predicted molar refractivity (Wildman–Crippen MR) is 139 cm³/mol. The number of carbonyl (C=O) groups excluding carboxylic acids is 2. The van der Waals surface area contributed by atoms with Crippen LogP contribution in [0.5, 0.6) is 0 Å². The van der Waals surface area contributed by atoms with Crippen molar-refractivity contribution in [1.29, 1.82) is 0 Å². The van der Waals surface area contributed by atoms with Gasteiger partial charge in [0.15, 0.2) is 11.6 Å². The average molecular weight is 462 g/mol. The quantitative estimate of drug-likeness (QED) is 0.190. The zero-order valence-electron chi connectivity index (χ0n) is 18.8. The normalized spacial score (nSPS) is 12.6. The van der Waals surface area contributed by atoms with Gasteiger partial charge in [-0.25, -0.2) is 0 Å². The number of allylic oxidation sites excluding steroid dienone is 1. The van der Waals surface area contributed by atoms with Crippen LogP contribution in [0.15, 0.2) is 118 Å². The number of Topliss-reactive ketones (excluding diaryl/α,β-unsaturated/α-hetero) is 2. The molecule has 0 N–H and O–H groups in total. The standard InChI is InChI=1S/C30H23NO2S/c1-21(32)24(20-28(33)23-9-3-2-4-10-23)19-22-15-17-25(18-16-22)31-26-11-5-7-13-29(26)34-30-14-8-6-12-27(30)31/h2-19H,20H2,1H3. The van der Waals surface area contributed by atoms with Crippen LogP contribution >= 0.6 is 11.8 Å². The van der Waals surface area contributed by atoms with Crippen LogP contribution in [-0.4, -0.2) is 11.6 Å².